The number of amides is 1. The monoisotopic (exact) mass is 316 g/mol. The van der Waals surface area contributed by atoms with E-state index in [0.717, 1.165) is 5.69 Å². The summed E-state index contributed by atoms with van der Waals surface area (Å²) in [6.07, 6.45) is 1.13. The average molecular weight is 316 g/mol. The van der Waals surface area contributed by atoms with Gasteiger partial charge < -0.3 is 15.0 Å². The molecule has 5 nitrogen and oxygen atoms in total. The Balaban J connectivity index is 1.69. The van der Waals surface area contributed by atoms with Gasteiger partial charge in [0.05, 0.1) is 0 Å². The number of benzene rings is 1. The summed E-state index contributed by atoms with van der Waals surface area (Å²) in [4.78, 5) is 26.5. The lowest BCUT2D eigenvalue weighted by molar-refractivity contribution is -0.157. The Hall–Kier alpha value is -1.88. The molecule has 0 aliphatic carbocycles. The summed E-state index contributed by atoms with van der Waals surface area (Å²) in [5.41, 5.74) is 0.264. The molecule has 0 radical (unpaired) electrons. The second kappa shape index (κ2) is 5.64. The van der Waals surface area contributed by atoms with Crippen molar-refractivity contribution in [3.63, 3.8) is 0 Å². The van der Waals surface area contributed by atoms with Crippen molar-refractivity contribution in [1.29, 1.82) is 0 Å². The molecular formula is C18H24N2O3. The molecule has 2 aliphatic heterocycles. The standard InChI is InChI=1S/C18H24N2O3/c1-17(2,3)23-16(22)14-9-18(11-19-14)10-15(21)20(12-18)13-7-5-4-6-8-13/h4-8,14,19H,9-12H2,1-3H3/t14-,18-/m0/s1. The Morgan fingerprint density at radius 2 is 2.00 bits per heavy atom. The molecule has 5 heteroatoms. The van der Waals surface area contributed by atoms with Gasteiger partial charge in [-0.15, -0.1) is 0 Å². The third kappa shape index (κ3) is 3.39. The summed E-state index contributed by atoms with van der Waals surface area (Å²) in [6, 6.07) is 9.39. The molecule has 0 saturated carbocycles. The number of carbonyl (C=O) groups is 2. The van der Waals surface area contributed by atoms with Gasteiger partial charge in [-0.1, -0.05) is 18.2 Å². The second-order valence-corrected chi connectivity index (χ2v) is 7.66. The molecule has 2 aliphatic rings. The van der Waals surface area contributed by atoms with Gasteiger partial charge in [0.1, 0.15) is 11.6 Å². The first-order valence-corrected chi connectivity index (χ1v) is 8.10. The molecular weight excluding hydrogens is 292 g/mol. The zero-order valence-corrected chi connectivity index (χ0v) is 14.0. The number of nitrogens with zero attached hydrogens (tertiary/aromatic N) is 1. The molecule has 1 aromatic carbocycles. The van der Waals surface area contributed by atoms with E-state index in [2.05, 4.69) is 5.32 Å². The lowest BCUT2D eigenvalue weighted by Crippen LogP contribution is -2.37. The van der Waals surface area contributed by atoms with Crippen LogP contribution < -0.4 is 10.2 Å². The highest BCUT2D eigenvalue weighted by Gasteiger charge is 2.50. The molecule has 1 aromatic rings. The van der Waals surface area contributed by atoms with Crippen LogP contribution in [0.4, 0.5) is 5.69 Å². The predicted molar refractivity (Wildman–Crippen MR) is 88.1 cm³/mol. The molecule has 124 valence electrons. The van der Waals surface area contributed by atoms with Crippen LogP contribution in [0.25, 0.3) is 0 Å². The van der Waals surface area contributed by atoms with Crippen molar-refractivity contribution in [2.75, 3.05) is 18.0 Å². The normalized spacial score (nSPS) is 27.7. The number of esters is 1. The molecule has 1 amide bonds. The quantitative estimate of drug-likeness (QED) is 0.849. The van der Waals surface area contributed by atoms with Crippen LogP contribution in [0, 0.1) is 5.41 Å². The van der Waals surface area contributed by atoms with E-state index < -0.39 is 5.60 Å². The van der Waals surface area contributed by atoms with E-state index >= 15 is 0 Å². The van der Waals surface area contributed by atoms with E-state index in [9.17, 15) is 9.59 Å². The van der Waals surface area contributed by atoms with Crippen LogP contribution >= 0.6 is 0 Å². The van der Waals surface area contributed by atoms with Gasteiger partial charge >= 0.3 is 5.97 Å². The number of carbonyl (C=O) groups excluding carboxylic acids is 2. The maximum Gasteiger partial charge on any atom is 0.323 e. The van der Waals surface area contributed by atoms with Gasteiger partial charge in [-0.2, -0.15) is 0 Å². The average Bonchev–Trinajstić information content (AvgIpc) is 3.02. The SMILES string of the molecule is CC(C)(C)OC(=O)[C@@H]1C[C@@]2(CN1)CC(=O)N(c1ccccc1)C2. The lowest BCUT2D eigenvalue weighted by atomic mass is 9.84. The Kier molecular flexibility index (Phi) is 3.92. The van der Waals surface area contributed by atoms with E-state index in [0.29, 0.717) is 25.9 Å². The lowest BCUT2D eigenvalue weighted by Gasteiger charge is -2.24. The van der Waals surface area contributed by atoms with E-state index in [1.54, 1.807) is 0 Å². The maximum atomic E-state index is 12.4. The van der Waals surface area contributed by atoms with E-state index in [1.165, 1.54) is 0 Å². The van der Waals surface area contributed by atoms with Gasteiger partial charge in [0.2, 0.25) is 5.91 Å². The van der Waals surface area contributed by atoms with Crippen LogP contribution in [0.2, 0.25) is 0 Å². The van der Waals surface area contributed by atoms with E-state index in [4.69, 9.17) is 4.74 Å². The molecule has 23 heavy (non-hydrogen) atoms. The van der Waals surface area contributed by atoms with Crippen molar-refractivity contribution in [2.45, 2.75) is 45.3 Å². The fourth-order valence-electron chi connectivity index (χ4n) is 3.45. The fraction of sp³-hybridized carbons (Fsp3) is 0.556. The molecule has 2 saturated heterocycles. The van der Waals surface area contributed by atoms with Gasteiger partial charge in [0.15, 0.2) is 0 Å². The third-order valence-corrected chi connectivity index (χ3v) is 4.44. The zero-order chi connectivity index (χ0) is 16.7. The second-order valence-electron chi connectivity index (χ2n) is 7.66. The summed E-state index contributed by atoms with van der Waals surface area (Å²) in [7, 11) is 0. The van der Waals surface area contributed by atoms with Gasteiger partial charge in [0.25, 0.3) is 0 Å². The summed E-state index contributed by atoms with van der Waals surface area (Å²) < 4.78 is 5.46. The molecule has 2 atom stereocenters. The molecule has 1 N–H and O–H groups in total. The van der Waals surface area contributed by atoms with Crippen LogP contribution in [0.1, 0.15) is 33.6 Å². The molecule has 0 bridgehead atoms. The predicted octanol–water partition coefficient (Wildman–Crippen LogP) is 2.11. The molecule has 0 aromatic heterocycles. The Bertz CT molecular complexity index is 608. The molecule has 2 heterocycles. The highest BCUT2D eigenvalue weighted by atomic mass is 16.6. The first-order valence-electron chi connectivity index (χ1n) is 8.10. The summed E-state index contributed by atoms with van der Waals surface area (Å²) >= 11 is 0. The van der Waals surface area contributed by atoms with Crippen molar-refractivity contribution in [3.8, 4) is 0 Å². The Morgan fingerprint density at radius 1 is 1.30 bits per heavy atom. The Morgan fingerprint density at radius 3 is 2.65 bits per heavy atom. The van der Waals surface area contributed by atoms with Crippen LogP contribution in [0.15, 0.2) is 30.3 Å². The third-order valence-electron chi connectivity index (χ3n) is 4.44. The van der Waals surface area contributed by atoms with Gasteiger partial charge in [-0.25, -0.2) is 0 Å². The molecule has 3 rings (SSSR count). The van der Waals surface area contributed by atoms with Gasteiger partial charge in [0, 0.05) is 30.6 Å². The topological polar surface area (TPSA) is 58.6 Å². The highest BCUT2D eigenvalue weighted by molar-refractivity contribution is 5.96. The maximum absolute atomic E-state index is 12.4. The minimum atomic E-state index is -0.490. The van der Waals surface area contributed by atoms with Gasteiger partial charge in [-0.05, 0) is 39.3 Å². The van der Waals surface area contributed by atoms with Crippen LogP contribution in [0.3, 0.4) is 0 Å². The number of ether oxygens (including phenoxy) is 1. The number of para-hydroxylation sites is 1. The number of anilines is 1. The molecule has 0 unspecified atom stereocenters. The van der Waals surface area contributed by atoms with E-state index in [1.807, 2.05) is 56.0 Å². The summed E-state index contributed by atoms with van der Waals surface area (Å²) in [6.45, 7) is 6.93. The minimum absolute atomic E-state index is 0.128. The van der Waals surface area contributed by atoms with Crippen molar-refractivity contribution < 1.29 is 14.3 Å². The van der Waals surface area contributed by atoms with Gasteiger partial charge in [-0.3, -0.25) is 9.59 Å². The van der Waals surface area contributed by atoms with Crippen molar-refractivity contribution in [3.05, 3.63) is 30.3 Å². The van der Waals surface area contributed by atoms with Crippen LogP contribution in [0.5, 0.6) is 0 Å². The van der Waals surface area contributed by atoms with Crippen molar-refractivity contribution in [1.82, 2.24) is 5.32 Å². The first-order chi connectivity index (χ1) is 10.8. The number of hydrogen-bond acceptors (Lipinski definition) is 4. The van der Waals surface area contributed by atoms with Crippen molar-refractivity contribution >= 4 is 17.6 Å². The fourth-order valence-corrected chi connectivity index (χ4v) is 3.45. The Labute approximate surface area is 137 Å². The largest absolute Gasteiger partial charge is 0.459 e. The highest BCUT2D eigenvalue weighted by Crippen LogP contribution is 2.41. The molecule has 2 fully saturated rings. The number of nitrogens with one attached hydrogen (secondary N) is 1. The van der Waals surface area contributed by atoms with E-state index in [-0.39, 0.29) is 23.3 Å². The number of rotatable bonds is 2. The van der Waals surface area contributed by atoms with Crippen molar-refractivity contribution in [2.24, 2.45) is 5.41 Å². The first kappa shape index (κ1) is 16.0. The summed E-state index contributed by atoms with van der Waals surface area (Å²) in [5, 5.41) is 3.25. The number of hydrogen-bond donors (Lipinski definition) is 1. The minimum Gasteiger partial charge on any atom is -0.459 e. The van der Waals surface area contributed by atoms with Crippen LogP contribution in [-0.4, -0.2) is 36.6 Å². The molecule has 1 spiro atoms. The smallest absolute Gasteiger partial charge is 0.323 e. The summed E-state index contributed by atoms with van der Waals surface area (Å²) in [5.74, 6) is -0.0946. The zero-order valence-electron chi connectivity index (χ0n) is 14.0. The van der Waals surface area contributed by atoms with Crippen LogP contribution in [-0.2, 0) is 14.3 Å².